The predicted molar refractivity (Wildman–Crippen MR) is 69.2 cm³/mol. The largest absolute Gasteiger partial charge is 0.497 e. The summed E-state index contributed by atoms with van der Waals surface area (Å²) in [6, 6.07) is 7.76. The van der Waals surface area contributed by atoms with Crippen LogP contribution in [-0.4, -0.2) is 35.8 Å². The van der Waals surface area contributed by atoms with Gasteiger partial charge in [0.1, 0.15) is 5.75 Å². The molecule has 4 nitrogen and oxygen atoms in total. The Kier molecular flexibility index (Phi) is 3.07. The highest BCUT2D eigenvalue weighted by Gasteiger charge is 2.69. The van der Waals surface area contributed by atoms with Gasteiger partial charge in [-0.25, -0.2) is 0 Å². The fourth-order valence-corrected chi connectivity index (χ4v) is 3.00. The van der Waals surface area contributed by atoms with Crippen molar-refractivity contribution in [1.82, 2.24) is 0 Å². The minimum absolute atomic E-state index is 0.0414. The van der Waals surface area contributed by atoms with E-state index in [1.54, 1.807) is 7.11 Å². The summed E-state index contributed by atoms with van der Waals surface area (Å²) in [6.07, 6.45) is 1.81. The van der Waals surface area contributed by atoms with Gasteiger partial charge in [-0.1, -0.05) is 12.1 Å². The van der Waals surface area contributed by atoms with Gasteiger partial charge in [-0.3, -0.25) is 4.79 Å². The van der Waals surface area contributed by atoms with Crippen LogP contribution < -0.4 is 4.74 Å². The van der Waals surface area contributed by atoms with Gasteiger partial charge in [0.2, 0.25) is 0 Å². The first-order chi connectivity index (χ1) is 9.16. The molecule has 1 saturated heterocycles. The van der Waals surface area contributed by atoms with Gasteiger partial charge in [-0.2, -0.15) is 0 Å². The summed E-state index contributed by atoms with van der Waals surface area (Å²) in [5.74, 6) is 0.873. The Hall–Kier alpha value is -1.39. The Morgan fingerprint density at radius 1 is 1.58 bits per heavy atom. The molecule has 19 heavy (non-hydrogen) atoms. The maximum absolute atomic E-state index is 11.8. The average Bonchev–Trinajstić information content (AvgIpc) is 3.10. The number of Topliss-reactive ketones (excluding diaryl/α,β-unsaturated/α-hetero) is 1. The van der Waals surface area contributed by atoms with E-state index in [9.17, 15) is 9.90 Å². The number of aliphatic hydroxyl groups is 1. The van der Waals surface area contributed by atoms with Crippen LogP contribution >= 0.6 is 0 Å². The quantitative estimate of drug-likeness (QED) is 0.817. The molecule has 3 atom stereocenters. The van der Waals surface area contributed by atoms with E-state index in [4.69, 9.17) is 9.47 Å². The molecule has 0 aromatic heterocycles. The molecule has 0 amide bonds. The van der Waals surface area contributed by atoms with Crippen molar-refractivity contribution in [2.45, 2.75) is 43.5 Å². The van der Waals surface area contributed by atoms with Crippen molar-refractivity contribution in [2.75, 3.05) is 7.11 Å². The first-order valence-electron chi connectivity index (χ1n) is 6.69. The average molecular weight is 262 g/mol. The Labute approximate surface area is 112 Å². The van der Waals surface area contributed by atoms with Crippen molar-refractivity contribution in [2.24, 2.45) is 0 Å². The van der Waals surface area contributed by atoms with Crippen LogP contribution in [0.25, 0.3) is 0 Å². The second kappa shape index (κ2) is 4.62. The molecule has 1 aromatic rings. The number of benzene rings is 1. The topological polar surface area (TPSA) is 59.1 Å². The molecule has 4 heteroatoms. The van der Waals surface area contributed by atoms with Crippen molar-refractivity contribution in [3.05, 3.63) is 29.8 Å². The normalized spacial score (nSPS) is 30.0. The molecular weight excluding hydrogens is 244 g/mol. The van der Waals surface area contributed by atoms with Crippen molar-refractivity contribution < 1.29 is 19.4 Å². The van der Waals surface area contributed by atoms with E-state index in [-0.39, 0.29) is 11.9 Å². The van der Waals surface area contributed by atoms with E-state index in [2.05, 4.69) is 0 Å². The van der Waals surface area contributed by atoms with Gasteiger partial charge in [0.25, 0.3) is 0 Å². The maximum Gasteiger partial charge on any atom is 0.178 e. The molecule has 0 bridgehead atoms. The van der Waals surface area contributed by atoms with Gasteiger partial charge >= 0.3 is 0 Å². The first-order valence-corrected chi connectivity index (χ1v) is 6.69. The van der Waals surface area contributed by atoms with Gasteiger partial charge in [-0.05, 0) is 37.0 Å². The smallest absolute Gasteiger partial charge is 0.178 e. The van der Waals surface area contributed by atoms with Crippen LogP contribution in [0.3, 0.4) is 0 Å². The van der Waals surface area contributed by atoms with Crippen LogP contribution in [0.1, 0.15) is 24.8 Å². The number of aryl methyl sites for hydroxylation is 1. The third-order valence-electron chi connectivity index (χ3n) is 4.16. The summed E-state index contributed by atoms with van der Waals surface area (Å²) in [4.78, 5) is 11.8. The van der Waals surface area contributed by atoms with Gasteiger partial charge in [-0.15, -0.1) is 0 Å². The summed E-state index contributed by atoms with van der Waals surface area (Å²) in [6.45, 7) is 0. The van der Waals surface area contributed by atoms with Crippen LogP contribution in [0.2, 0.25) is 0 Å². The fourth-order valence-electron chi connectivity index (χ4n) is 3.00. The Morgan fingerprint density at radius 2 is 2.42 bits per heavy atom. The predicted octanol–water partition coefficient (Wildman–Crippen LogP) is 1.49. The highest BCUT2D eigenvalue weighted by atomic mass is 16.6. The Balaban J connectivity index is 1.62. The van der Waals surface area contributed by atoms with Crippen LogP contribution in [0.5, 0.6) is 5.75 Å². The molecule has 1 N–H and O–H groups in total. The van der Waals surface area contributed by atoms with Gasteiger partial charge in [0.15, 0.2) is 11.4 Å². The third kappa shape index (κ3) is 2.05. The van der Waals surface area contributed by atoms with E-state index in [0.717, 1.165) is 17.7 Å². The summed E-state index contributed by atoms with van der Waals surface area (Å²) in [5.41, 5.74) is 0.233. The second-order valence-corrected chi connectivity index (χ2v) is 5.27. The minimum Gasteiger partial charge on any atom is -0.497 e. The lowest BCUT2D eigenvalue weighted by Gasteiger charge is -2.16. The summed E-state index contributed by atoms with van der Waals surface area (Å²) in [7, 11) is 1.63. The number of hydrogen-bond acceptors (Lipinski definition) is 4. The molecule has 1 saturated carbocycles. The van der Waals surface area contributed by atoms with E-state index >= 15 is 0 Å². The lowest BCUT2D eigenvalue weighted by Crippen LogP contribution is -2.37. The molecular formula is C15H18O4. The molecule has 1 aliphatic heterocycles. The number of hydrogen-bond donors (Lipinski definition) is 1. The molecule has 2 fully saturated rings. The molecule has 0 spiro atoms. The highest BCUT2D eigenvalue weighted by Crippen LogP contribution is 2.50. The zero-order valence-electron chi connectivity index (χ0n) is 11.0. The lowest BCUT2D eigenvalue weighted by atomic mass is 9.93. The molecule has 102 valence electrons. The van der Waals surface area contributed by atoms with Crippen molar-refractivity contribution >= 4 is 5.78 Å². The molecule has 0 unspecified atom stereocenters. The zero-order valence-corrected chi connectivity index (χ0v) is 11.0. The molecule has 1 aliphatic carbocycles. The van der Waals surface area contributed by atoms with Gasteiger partial charge in [0.05, 0.1) is 19.3 Å². The van der Waals surface area contributed by atoms with E-state index in [0.29, 0.717) is 19.3 Å². The van der Waals surface area contributed by atoms with E-state index < -0.39 is 11.7 Å². The van der Waals surface area contributed by atoms with Gasteiger partial charge in [0, 0.05) is 6.42 Å². The van der Waals surface area contributed by atoms with Crippen LogP contribution in [0.4, 0.5) is 0 Å². The number of aliphatic hydroxyl groups excluding tert-OH is 1. The molecule has 0 radical (unpaired) electrons. The maximum atomic E-state index is 11.8. The number of ketones is 1. The summed E-state index contributed by atoms with van der Waals surface area (Å²) in [5, 5.41) is 10.2. The van der Waals surface area contributed by atoms with Crippen LogP contribution in [0, 0.1) is 0 Å². The standard InChI is InChI=1S/C15H18O4/c1-18-11-4-2-3-10(9-11)5-6-12(16)15-13(17)7-8-14(15)19-15/h2-4,9,12,14,16H,5-8H2,1H3/t12-,14-,15+/m0/s1. The number of ether oxygens (including phenoxy) is 2. The van der Waals surface area contributed by atoms with Gasteiger partial charge < -0.3 is 14.6 Å². The zero-order chi connectivity index (χ0) is 13.5. The second-order valence-electron chi connectivity index (χ2n) is 5.27. The molecule has 1 heterocycles. The number of carbonyl (C=O) groups excluding carboxylic acids is 1. The fraction of sp³-hybridized carbons (Fsp3) is 0.533. The highest BCUT2D eigenvalue weighted by molar-refractivity contribution is 5.94. The number of fused-ring (bicyclic) bond motifs is 1. The monoisotopic (exact) mass is 262 g/mol. The first kappa shape index (κ1) is 12.6. The van der Waals surface area contributed by atoms with Crippen LogP contribution in [0.15, 0.2) is 24.3 Å². The van der Waals surface area contributed by atoms with Crippen molar-refractivity contribution in [1.29, 1.82) is 0 Å². The number of methoxy groups -OCH3 is 1. The third-order valence-corrected chi connectivity index (χ3v) is 4.16. The summed E-state index contributed by atoms with van der Waals surface area (Å²) >= 11 is 0. The molecule has 2 aliphatic rings. The van der Waals surface area contributed by atoms with E-state index in [1.807, 2.05) is 24.3 Å². The Bertz CT molecular complexity index is 499. The lowest BCUT2D eigenvalue weighted by molar-refractivity contribution is -0.127. The Morgan fingerprint density at radius 3 is 3.05 bits per heavy atom. The van der Waals surface area contributed by atoms with Crippen LogP contribution in [-0.2, 0) is 16.0 Å². The SMILES string of the molecule is COc1cccc(CC[C@H](O)[C@]23O[C@H]2CCC3=O)c1. The molecule has 1 aromatic carbocycles. The minimum atomic E-state index is -0.862. The van der Waals surface area contributed by atoms with Crippen molar-refractivity contribution in [3.63, 3.8) is 0 Å². The van der Waals surface area contributed by atoms with Crippen molar-refractivity contribution in [3.8, 4) is 5.75 Å². The number of epoxide rings is 1. The number of carbonyl (C=O) groups is 1. The summed E-state index contributed by atoms with van der Waals surface area (Å²) < 4.78 is 10.6. The number of rotatable bonds is 5. The van der Waals surface area contributed by atoms with E-state index in [1.165, 1.54) is 0 Å². The molecule has 3 rings (SSSR count).